The molecule has 0 saturated heterocycles. The van der Waals surface area contributed by atoms with Gasteiger partial charge >= 0.3 is 5.97 Å². The normalized spacial score (nSPS) is 12.5. The van der Waals surface area contributed by atoms with Crippen molar-refractivity contribution in [2.24, 2.45) is 5.10 Å². The molecule has 0 unspecified atom stereocenters. The predicted octanol–water partition coefficient (Wildman–Crippen LogP) is 4.41. The molecule has 0 aliphatic carbocycles. The van der Waals surface area contributed by atoms with Gasteiger partial charge in [-0.2, -0.15) is 5.10 Å². The SMILES string of the molecule is CCOc1cc(C=NNC(=O)c2ccc3c(c2)COC3)ccc1OC(=O)/C=C/c1ccc([N+](=O)[O-])cc1. The Morgan fingerprint density at radius 1 is 1.03 bits per heavy atom. The number of hydrogen-bond donors (Lipinski definition) is 1. The van der Waals surface area contributed by atoms with E-state index in [-0.39, 0.29) is 17.3 Å². The number of nitrogens with zero attached hydrogens (tertiary/aromatic N) is 2. The van der Waals surface area contributed by atoms with Gasteiger partial charge in [0.25, 0.3) is 11.6 Å². The number of non-ortho nitro benzene ring substituents is 1. The van der Waals surface area contributed by atoms with Gasteiger partial charge in [-0.1, -0.05) is 6.07 Å². The lowest BCUT2D eigenvalue weighted by Gasteiger charge is -2.10. The second-order valence-electron chi connectivity index (χ2n) is 7.92. The average Bonchev–Trinajstić information content (AvgIpc) is 3.37. The number of carbonyl (C=O) groups excluding carboxylic acids is 2. The van der Waals surface area contributed by atoms with Crippen molar-refractivity contribution in [2.45, 2.75) is 20.1 Å². The summed E-state index contributed by atoms with van der Waals surface area (Å²) in [6, 6.07) is 16.0. The fourth-order valence-corrected chi connectivity index (χ4v) is 3.51. The van der Waals surface area contributed by atoms with E-state index < -0.39 is 10.9 Å². The molecular formula is C27H23N3O7. The van der Waals surface area contributed by atoms with E-state index in [0.29, 0.717) is 42.3 Å². The molecule has 0 fully saturated rings. The minimum atomic E-state index is -0.646. The Labute approximate surface area is 212 Å². The van der Waals surface area contributed by atoms with Gasteiger partial charge in [0.1, 0.15) is 0 Å². The molecule has 1 aliphatic heterocycles. The van der Waals surface area contributed by atoms with Crippen molar-refractivity contribution in [3.63, 3.8) is 0 Å². The van der Waals surface area contributed by atoms with Gasteiger partial charge in [-0.15, -0.1) is 0 Å². The van der Waals surface area contributed by atoms with Crippen LogP contribution in [-0.2, 0) is 22.7 Å². The number of hydrogen-bond acceptors (Lipinski definition) is 8. The Kier molecular flexibility index (Phi) is 8.01. The van der Waals surface area contributed by atoms with Crippen LogP contribution in [-0.4, -0.2) is 29.6 Å². The van der Waals surface area contributed by atoms with Crippen LogP contribution in [0.1, 0.15) is 39.5 Å². The number of amides is 1. The van der Waals surface area contributed by atoms with Crippen LogP contribution in [0.25, 0.3) is 6.08 Å². The number of fused-ring (bicyclic) bond motifs is 1. The average molecular weight is 501 g/mol. The first kappa shape index (κ1) is 25.3. The topological polar surface area (TPSA) is 129 Å². The van der Waals surface area contributed by atoms with Crippen LogP contribution in [0.15, 0.2) is 71.8 Å². The molecule has 1 amide bonds. The summed E-state index contributed by atoms with van der Waals surface area (Å²) >= 11 is 0. The summed E-state index contributed by atoms with van der Waals surface area (Å²) < 4.78 is 16.4. The Bertz CT molecular complexity index is 1380. The van der Waals surface area contributed by atoms with Gasteiger partial charge in [0.2, 0.25) is 0 Å². The molecule has 3 aromatic rings. The van der Waals surface area contributed by atoms with Gasteiger partial charge in [0, 0.05) is 23.8 Å². The molecule has 188 valence electrons. The Hall–Kier alpha value is -4.83. The number of rotatable bonds is 9. The Morgan fingerprint density at radius 3 is 2.54 bits per heavy atom. The van der Waals surface area contributed by atoms with Crippen molar-refractivity contribution in [3.8, 4) is 11.5 Å². The van der Waals surface area contributed by atoms with Gasteiger partial charge in [0.05, 0.1) is 31.0 Å². The number of nitro groups is 1. The molecule has 4 rings (SSSR count). The van der Waals surface area contributed by atoms with Gasteiger partial charge < -0.3 is 14.2 Å². The van der Waals surface area contributed by atoms with Crippen LogP contribution >= 0.6 is 0 Å². The van der Waals surface area contributed by atoms with E-state index in [4.69, 9.17) is 14.2 Å². The monoisotopic (exact) mass is 501 g/mol. The Balaban J connectivity index is 1.38. The quantitative estimate of drug-likeness (QED) is 0.115. The van der Waals surface area contributed by atoms with Crippen molar-refractivity contribution in [3.05, 3.63) is 105 Å². The molecule has 10 heteroatoms. The lowest BCUT2D eigenvalue weighted by molar-refractivity contribution is -0.384. The smallest absolute Gasteiger partial charge is 0.336 e. The summed E-state index contributed by atoms with van der Waals surface area (Å²) in [5, 5.41) is 14.8. The van der Waals surface area contributed by atoms with Crippen LogP contribution in [0.2, 0.25) is 0 Å². The van der Waals surface area contributed by atoms with Crippen molar-refractivity contribution < 1.29 is 28.7 Å². The van der Waals surface area contributed by atoms with Gasteiger partial charge in [-0.25, -0.2) is 10.2 Å². The molecule has 3 aromatic carbocycles. The maximum absolute atomic E-state index is 12.4. The molecule has 10 nitrogen and oxygen atoms in total. The number of nitrogens with one attached hydrogen (secondary N) is 1. The number of nitro benzene ring substituents is 1. The van der Waals surface area contributed by atoms with E-state index in [0.717, 1.165) is 11.1 Å². The molecule has 1 heterocycles. The van der Waals surface area contributed by atoms with Crippen molar-refractivity contribution >= 4 is 29.9 Å². The number of esters is 1. The third-order valence-electron chi connectivity index (χ3n) is 5.36. The van der Waals surface area contributed by atoms with Crippen molar-refractivity contribution in [2.75, 3.05) is 6.61 Å². The molecule has 0 atom stereocenters. The highest BCUT2D eigenvalue weighted by atomic mass is 16.6. The maximum atomic E-state index is 12.4. The number of hydrazone groups is 1. The molecule has 0 saturated carbocycles. The van der Waals surface area contributed by atoms with Gasteiger partial charge in [0.15, 0.2) is 11.5 Å². The summed E-state index contributed by atoms with van der Waals surface area (Å²) in [6.45, 7) is 3.17. The lowest BCUT2D eigenvalue weighted by atomic mass is 10.1. The predicted molar refractivity (Wildman–Crippen MR) is 135 cm³/mol. The second-order valence-corrected chi connectivity index (χ2v) is 7.92. The van der Waals surface area contributed by atoms with E-state index in [1.54, 1.807) is 37.3 Å². The number of carbonyl (C=O) groups is 2. The van der Waals surface area contributed by atoms with E-state index in [1.807, 2.05) is 6.07 Å². The highest BCUT2D eigenvalue weighted by Gasteiger charge is 2.14. The van der Waals surface area contributed by atoms with Crippen LogP contribution in [0.5, 0.6) is 11.5 Å². The fraction of sp³-hybridized carbons (Fsp3) is 0.148. The maximum Gasteiger partial charge on any atom is 0.336 e. The second kappa shape index (κ2) is 11.7. The van der Waals surface area contributed by atoms with E-state index in [1.165, 1.54) is 42.6 Å². The number of ether oxygens (including phenoxy) is 3. The van der Waals surface area contributed by atoms with Crippen LogP contribution in [0, 0.1) is 10.1 Å². The zero-order valence-corrected chi connectivity index (χ0v) is 19.9. The van der Waals surface area contributed by atoms with Crippen LogP contribution in [0.3, 0.4) is 0 Å². The summed E-state index contributed by atoms with van der Waals surface area (Å²) in [7, 11) is 0. The first-order valence-corrected chi connectivity index (χ1v) is 11.4. The van der Waals surface area contributed by atoms with Gasteiger partial charge in [-0.05, 0) is 77.7 Å². The zero-order chi connectivity index (χ0) is 26.2. The molecule has 0 bridgehead atoms. The Morgan fingerprint density at radius 2 is 1.78 bits per heavy atom. The fourth-order valence-electron chi connectivity index (χ4n) is 3.51. The minimum Gasteiger partial charge on any atom is -0.490 e. The molecular weight excluding hydrogens is 478 g/mol. The largest absolute Gasteiger partial charge is 0.490 e. The number of benzene rings is 3. The summed E-state index contributed by atoms with van der Waals surface area (Å²) in [6.07, 6.45) is 4.16. The molecule has 0 radical (unpaired) electrons. The molecule has 37 heavy (non-hydrogen) atoms. The minimum absolute atomic E-state index is 0.0393. The van der Waals surface area contributed by atoms with Crippen molar-refractivity contribution in [1.29, 1.82) is 0 Å². The van der Waals surface area contributed by atoms with E-state index >= 15 is 0 Å². The summed E-state index contributed by atoms with van der Waals surface area (Å²) in [4.78, 5) is 35.0. The first-order chi connectivity index (χ1) is 17.9. The molecule has 0 aromatic heterocycles. The first-order valence-electron chi connectivity index (χ1n) is 11.4. The third kappa shape index (κ3) is 6.65. The highest BCUT2D eigenvalue weighted by molar-refractivity contribution is 5.95. The van der Waals surface area contributed by atoms with E-state index in [9.17, 15) is 19.7 Å². The highest BCUT2D eigenvalue weighted by Crippen LogP contribution is 2.28. The van der Waals surface area contributed by atoms with Crippen LogP contribution < -0.4 is 14.9 Å². The van der Waals surface area contributed by atoms with Crippen molar-refractivity contribution in [1.82, 2.24) is 5.43 Å². The molecule has 1 aliphatic rings. The molecule has 1 N–H and O–H groups in total. The summed E-state index contributed by atoms with van der Waals surface area (Å²) in [5.74, 6) is -0.454. The lowest BCUT2D eigenvalue weighted by Crippen LogP contribution is -2.17. The van der Waals surface area contributed by atoms with Gasteiger partial charge in [-0.3, -0.25) is 14.9 Å². The summed E-state index contributed by atoms with van der Waals surface area (Å²) in [5.41, 5.74) is 6.23. The van der Waals surface area contributed by atoms with Crippen LogP contribution in [0.4, 0.5) is 5.69 Å². The third-order valence-corrected chi connectivity index (χ3v) is 5.36. The zero-order valence-electron chi connectivity index (χ0n) is 19.9. The molecule has 0 spiro atoms. The standard InChI is InChI=1S/C27H23N3O7/c1-2-36-25-13-19(15-28-29-27(32)20-7-8-21-16-35-17-22(21)14-20)5-11-24(25)37-26(31)12-6-18-3-9-23(10-4-18)30(33)34/h3-15H,2,16-17H2,1H3,(H,29,32)/b12-6+,28-15?. The van der Waals surface area contributed by atoms with E-state index in [2.05, 4.69) is 10.5 Å².